The Morgan fingerprint density at radius 2 is 2.00 bits per heavy atom. The molecule has 0 aliphatic heterocycles. The molecule has 0 spiro atoms. The van der Waals surface area contributed by atoms with Crippen LogP contribution in [-0.2, 0) is 11.2 Å². The molecule has 4 rings (SSSR count). The van der Waals surface area contributed by atoms with Crippen molar-refractivity contribution in [3.05, 3.63) is 47.5 Å². The Labute approximate surface area is 136 Å². The van der Waals surface area contributed by atoms with Crippen molar-refractivity contribution < 1.29 is 14.7 Å². The van der Waals surface area contributed by atoms with Gasteiger partial charge in [-0.15, -0.1) is 0 Å². The standard InChI is InChI=1S/C19H23NO3/c21-18(10-9-15-3-1-2-4-17(15)19(22)23)20-12-16-11-13-5-7-14(16)8-6-13/h1-5,7,13-14,16H,6,8-12H2,(H,20,21)(H,22,23). The molecule has 122 valence electrons. The molecule has 3 atom stereocenters. The van der Waals surface area contributed by atoms with Gasteiger partial charge in [0.2, 0.25) is 5.91 Å². The van der Waals surface area contributed by atoms with E-state index in [2.05, 4.69) is 17.5 Å². The van der Waals surface area contributed by atoms with Crippen LogP contribution in [-0.4, -0.2) is 23.5 Å². The van der Waals surface area contributed by atoms with Gasteiger partial charge in [0.15, 0.2) is 0 Å². The van der Waals surface area contributed by atoms with E-state index >= 15 is 0 Å². The predicted octanol–water partition coefficient (Wildman–Crippen LogP) is 3.04. The summed E-state index contributed by atoms with van der Waals surface area (Å²) in [7, 11) is 0. The molecular weight excluding hydrogens is 290 g/mol. The Morgan fingerprint density at radius 3 is 2.65 bits per heavy atom. The van der Waals surface area contributed by atoms with Crippen molar-refractivity contribution in [1.29, 1.82) is 0 Å². The molecule has 0 saturated heterocycles. The normalized spacial score (nSPS) is 25.3. The van der Waals surface area contributed by atoms with Crippen LogP contribution in [0.25, 0.3) is 0 Å². The van der Waals surface area contributed by atoms with Gasteiger partial charge in [-0.25, -0.2) is 4.79 Å². The first-order chi connectivity index (χ1) is 11.1. The van der Waals surface area contributed by atoms with Gasteiger partial charge in [-0.05, 0) is 55.1 Å². The minimum Gasteiger partial charge on any atom is -0.478 e. The molecule has 0 heterocycles. The van der Waals surface area contributed by atoms with E-state index in [9.17, 15) is 9.59 Å². The van der Waals surface area contributed by atoms with Crippen LogP contribution in [0.5, 0.6) is 0 Å². The monoisotopic (exact) mass is 313 g/mol. The minimum atomic E-state index is -0.939. The van der Waals surface area contributed by atoms with Crippen molar-refractivity contribution in [2.24, 2.45) is 17.8 Å². The molecule has 1 amide bonds. The summed E-state index contributed by atoms with van der Waals surface area (Å²) in [6, 6.07) is 6.88. The summed E-state index contributed by atoms with van der Waals surface area (Å²) in [4.78, 5) is 23.2. The number of aryl methyl sites for hydroxylation is 1. The number of amides is 1. The van der Waals surface area contributed by atoms with E-state index in [1.54, 1.807) is 18.2 Å². The van der Waals surface area contributed by atoms with Crippen LogP contribution in [0.1, 0.15) is 41.6 Å². The van der Waals surface area contributed by atoms with Crippen molar-refractivity contribution in [2.75, 3.05) is 6.54 Å². The van der Waals surface area contributed by atoms with E-state index in [0.29, 0.717) is 30.6 Å². The first kappa shape index (κ1) is 15.8. The second kappa shape index (κ2) is 6.99. The van der Waals surface area contributed by atoms with Crippen LogP contribution < -0.4 is 5.32 Å². The molecule has 0 aromatic heterocycles. The lowest BCUT2D eigenvalue weighted by molar-refractivity contribution is -0.121. The van der Waals surface area contributed by atoms with Crippen molar-refractivity contribution >= 4 is 11.9 Å². The van der Waals surface area contributed by atoms with Crippen LogP contribution in [0.3, 0.4) is 0 Å². The summed E-state index contributed by atoms with van der Waals surface area (Å²) in [6.45, 7) is 0.741. The van der Waals surface area contributed by atoms with Gasteiger partial charge >= 0.3 is 5.97 Å². The summed E-state index contributed by atoms with van der Waals surface area (Å²) in [5.74, 6) is 0.952. The largest absolute Gasteiger partial charge is 0.478 e. The molecule has 2 bridgehead atoms. The zero-order valence-electron chi connectivity index (χ0n) is 13.2. The zero-order chi connectivity index (χ0) is 16.2. The highest BCUT2D eigenvalue weighted by molar-refractivity contribution is 5.89. The van der Waals surface area contributed by atoms with Crippen LogP contribution in [0.15, 0.2) is 36.4 Å². The first-order valence-electron chi connectivity index (χ1n) is 8.39. The molecule has 0 radical (unpaired) electrons. The van der Waals surface area contributed by atoms with Crippen LogP contribution >= 0.6 is 0 Å². The van der Waals surface area contributed by atoms with E-state index in [1.165, 1.54) is 19.3 Å². The van der Waals surface area contributed by atoms with Crippen LogP contribution in [0, 0.1) is 17.8 Å². The third kappa shape index (κ3) is 3.81. The summed E-state index contributed by atoms with van der Waals surface area (Å²) < 4.78 is 0. The van der Waals surface area contributed by atoms with Crippen LogP contribution in [0.2, 0.25) is 0 Å². The lowest BCUT2D eigenvalue weighted by Gasteiger charge is -2.38. The quantitative estimate of drug-likeness (QED) is 0.793. The summed E-state index contributed by atoms with van der Waals surface area (Å²) in [5.41, 5.74) is 1.00. The fourth-order valence-electron chi connectivity index (χ4n) is 3.81. The van der Waals surface area contributed by atoms with Gasteiger partial charge in [-0.2, -0.15) is 0 Å². The Kier molecular flexibility index (Phi) is 4.79. The number of rotatable bonds is 6. The van der Waals surface area contributed by atoms with Gasteiger partial charge in [0.25, 0.3) is 0 Å². The molecule has 1 fully saturated rings. The fraction of sp³-hybridized carbons (Fsp3) is 0.474. The molecule has 4 nitrogen and oxygen atoms in total. The van der Waals surface area contributed by atoms with E-state index in [0.717, 1.165) is 12.1 Å². The maximum atomic E-state index is 12.1. The Morgan fingerprint density at radius 1 is 1.17 bits per heavy atom. The predicted molar refractivity (Wildman–Crippen MR) is 88.2 cm³/mol. The van der Waals surface area contributed by atoms with E-state index < -0.39 is 5.97 Å². The number of nitrogens with one attached hydrogen (secondary N) is 1. The molecule has 2 N–H and O–H groups in total. The molecule has 3 aliphatic carbocycles. The van der Waals surface area contributed by atoms with E-state index in [4.69, 9.17) is 5.11 Å². The second-order valence-corrected chi connectivity index (χ2v) is 6.65. The fourth-order valence-corrected chi connectivity index (χ4v) is 3.81. The molecule has 4 heteroatoms. The van der Waals surface area contributed by atoms with Crippen molar-refractivity contribution in [3.63, 3.8) is 0 Å². The topological polar surface area (TPSA) is 66.4 Å². The highest BCUT2D eigenvalue weighted by atomic mass is 16.4. The molecule has 1 aromatic rings. The molecular formula is C19H23NO3. The van der Waals surface area contributed by atoms with Gasteiger partial charge in [-0.3, -0.25) is 4.79 Å². The summed E-state index contributed by atoms with van der Waals surface area (Å²) in [6.07, 6.45) is 9.16. The molecule has 3 aliphatic rings. The number of fused-ring (bicyclic) bond motifs is 2. The number of carbonyl (C=O) groups excluding carboxylic acids is 1. The Balaban J connectivity index is 1.47. The number of benzene rings is 1. The summed E-state index contributed by atoms with van der Waals surface area (Å²) >= 11 is 0. The number of carboxylic acid groups (broad SMARTS) is 1. The molecule has 1 aromatic carbocycles. The molecule has 23 heavy (non-hydrogen) atoms. The van der Waals surface area contributed by atoms with Crippen LogP contribution in [0.4, 0.5) is 0 Å². The van der Waals surface area contributed by atoms with Gasteiger partial charge < -0.3 is 10.4 Å². The number of hydrogen-bond donors (Lipinski definition) is 2. The van der Waals surface area contributed by atoms with Gasteiger partial charge in [0.05, 0.1) is 5.56 Å². The van der Waals surface area contributed by atoms with E-state index in [1.807, 2.05) is 6.07 Å². The minimum absolute atomic E-state index is 0.00983. The maximum Gasteiger partial charge on any atom is 0.335 e. The third-order valence-corrected chi connectivity index (χ3v) is 5.14. The number of allylic oxidation sites excluding steroid dienone is 2. The van der Waals surface area contributed by atoms with Gasteiger partial charge in [-0.1, -0.05) is 30.4 Å². The highest BCUT2D eigenvalue weighted by Crippen LogP contribution is 2.39. The summed E-state index contributed by atoms with van der Waals surface area (Å²) in [5, 5.41) is 12.2. The lowest BCUT2D eigenvalue weighted by Crippen LogP contribution is -2.37. The average Bonchev–Trinajstić information content (AvgIpc) is 2.59. The number of hydrogen-bond acceptors (Lipinski definition) is 2. The SMILES string of the molecule is O=C(CCc1ccccc1C(=O)O)NCC1CC2C=CC1CC2. The smallest absolute Gasteiger partial charge is 0.335 e. The van der Waals surface area contributed by atoms with Crippen molar-refractivity contribution in [2.45, 2.75) is 32.1 Å². The molecule has 3 unspecified atom stereocenters. The number of aromatic carboxylic acids is 1. The van der Waals surface area contributed by atoms with Crippen molar-refractivity contribution in [3.8, 4) is 0 Å². The third-order valence-electron chi connectivity index (χ3n) is 5.14. The zero-order valence-corrected chi connectivity index (χ0v) is 13.2. The first-order valence-corrected chi connectivity index (χ1v) is 8.39. The number of carbonyl (C=O) groups is 2. The van der Waals surface area contributed by atoms with Gasteiger partial charge in [0, 0.05) is 13.0 Å². The van der Waals surface area contributed by atoms with E-state index in [-0.39, 0.29) is 11.5 Å². The average molecular weight is 313 g/mol. The maximum absolute atomic E-state index is 12.1. The Bertz CT molecular complexity index is 623. The van der Waals surface area contributed by atoms with Gasteiger partial charge in [0.1, 0.15) is 0 Å². The Hall–Kier alpha value is -2.10. The lowest BCUT2D eigenvalue weighted by atomic mass is 9.69. The highest BCUT2D eigenvalue weighted by Gasteiger charge is 2.31. The molecule has 1 saturated carbocycles. The van der Waals surface area contributed by atoms with Crippen molar-refractivity contribution in [1.82, 2.24) is 5.32 Å². The second-order valence-electron chi connectivity index (χ2n) is 6.65. The number of carboxylic acids is 1.